The Kier molecular flexibility index (Phi) is 3.10. The van der Waals surface area contributed by atoms with E-state index in [1.807, 2.05) is 17.0 Å². The fraction of sp³-hybridized carbons (Fsp3) is 0.417. The molecule has 1 aromatic rings. The quantitative estimate of drug-likeness (QED) is 0.754. The molecule has 0 unspecified atom stereocenters. The molecular formula is C12H14BrNO. The Bertz CT molecular complexity index is 358. The molecule has 1 aromatic carbocycles. The number of anilines is 1. The first kappa shape index (κ1) is 10.7. The predicted molar refractivity (Wildman–Crippen MR) is 65.4 cm³/mol. The highest BCUT2D eigenvalue weighted by molar-refractivity contribution is 9.09. The van der Waals surface area contributed by atoms with Gasteiger partial charge in [-0.25, -0.2) is 0 Å². The number of alkyl halides is 1. The van der Waals surface area contributed by atoms with Crippen molar-refractivity contribution in [1.82, 2.24) is 0 Å². The number of carbonyl (C=O) groups is 1. The van der Waals surface area contributed by atoms with E-state index >= 15 is 0 Å². The number of carbonyl (C=O) groups excluding carboxylic acids is 1. The minimum Gasteiger partial charge on any atom is -0.312 e. The molecule has 1 fully saturated rings. The maximum atomic E-state index is 11.5. The summed E-state index contributed by atoms with van der Waals surface area (Å²) in [5, 5.41) is 0. The van der Waals surface area contributed by atoms with Gasteiger partial charge >= 0.3 is 0 Å². The van der Waals surface area contributed by atoms with Gasteiger partial charge in [0.25, 0.3) is 0 Å². The molecule has 0 aromatic heterocycles. The number of halogens is 1. The number of rotatable bonds is 2. The SMILES string of the molecule is C[C@H](Br)c1ccc(N2CCCC2=O)cc1. The van der Waals surface area contributed by atoms with Crippen LogP contribution in [0, 0.1) is 0 Å². The topological polar surface area (TPSA) is 20.3 Å². The average molecular weight is 268 g/mol. The highest BCUT2D eigenvalue weighted by Gasteiger charge is 2.21. The van der Waals surface area contributed by atoms with E-state index in [0.29, 0.717) is 11.2 Å². The summed E-state index contributed by atoms with van der Waals surface area (Å²) in [6.45, 7) is 2.96. The minimum absolute atomic E-state index is 0.245. The van der Waals surface area contributed by atoms with Crippen LogP contribution in [0.2, 0.25) is 0 Å². The molecule has 1 saturated heterocycles. The van der Waals surface area contributed by atoms with Crippen LogP contribution in [-0.4, -0.2) is 12.5 Å². The molecule has 1 aliphatic rings. The molecule has 0 radical (unpaired) electrons. The molecule has 1 heterocycles. The van der Waals surface area contributed by atoms with E-state index in [1.165, 1.54) is 5.56 Å². The number of nitrogens with zero attached hydrogens (tertiary/aromatic N) is 1. The lowest BCUT2D eigenvalue weighted by Gasteiger charge is -2.16. The van der Waals surface area contributed by atoms with Gasteiger partial charge in [-0.05, 0) is 31.0 Å². The highest BCUT2D eigenvalue weighted by Crippen LogP contribution is 2.26. The average Bonchev–Trinajstić information content (AvgIpc) is 2.65. The third kappa shape index (κ3) is 2.23. The van der Waals surface area contributed by atoms with Gasteiger partial charge in [-0.1, -0.05) is 28.1 Å². The van der Waals surface area contributed by atoms with E-state index in [4.69, 9.17) is 0 Å². The van der Waals surface area contributed by atoms with Crippen LogP contribution in [0.4, 0.5) is 5.69 Å². The summed E-state index contributed by atoms with van der Waals surface area (Å²) >= 11 is 3.52. The number of hydrogen-bond acceptors (Lipinski definition) is 1. The molecule has 0 bridgehead atoms. The van der Waals surface area contributed by atoms with Crippen molar-refractivity contribution in [1.29, 1.82) is 0 Å². The molecule has 0 N–H and O–H groups in total. The zero-order valence-corrected chi connectivity index (χ0v) is 10.3. The largest absolute Gasteiger partial charge is 0.312 e. The van der Waals surface area contributed by atoms with Crippen molar-refractivity contribution in [3.05, 3.63) is 29.8 Å². The highest BCUT2D eigenvalue weighted by atomic mass is 79.9. The Balaban J connectivity index is 2.19. The van der Waals surface area contributed by atoms with Crippen molar-refractivity contribution in [3.8, 4) is 0 Å². The third-order valence-corrected chi connectivity index (χ3v) is 3.27. The molecule has 0 saturated carbocycles. The van der Waals surface area contributed by atoms with Crippen molar-refractivity contribution in [3.63, 3.8) is 0 Å². The Labute approximate surface area is 98.4 Å². The van der Waals surface area contributed by atoms with Crippen LogP contribution in [-0.2, 0) is 4.79 Å². The van der Waals surface area contributed by atoms with Crippen molar-refractivity contribution < 1.29 is 4.79 Å². The van der Waals surface area contributed by atoms with Crippen LogP contribution >= 0.6 is 15.9 Å². The summed E-state index contributed by atoms with van der Waals surface area (Å²) in [5.41, 5.74) is 2.26. The molecule has 2 rings (SSSR count). The number of hydrogen-bond donors (Lipinski definition) is 0. The molecule has 1 aliphatic heterocycles. The Morgan fingerprint density at radius 3 is 2.47 bits per heavy atom. The molecular weight excluding hydrogens is 254 g/mol. The summed E-state index contributed by atoms with van der Waals surface area (Å²) in [6.07, 6.45) is 1.67. The molecule has 3 heteroatoms. The Hall–Kier alpha value is -0.830. The van der Waals surface area contributed by atoms with Crippen LogP contribution in [0.25, 0.3) is 0 Å². The second-order valence-corrected chi connectivity index (χ2v) is 5.23. The molecule has 2 nitrogen and oxygen atoms in total. The lowest BCUT2D eigenvalue weighted by molar-refractivity contribution is -0.117. The molecule has 0 aliphatic carbocycles. The van der Waals surface area contributed by atoms with Crippen LogP contribution in [0.5, 0.6) is 0 Å². The molecule has 80 valence electrons. The van der Waals surface area contributed by atoms with E-state index in [-0.39, 0.29) is 5.91 Å². The fourth-order valence-corrected chi connectivity index (χ4v) is 2.15. The first-order valence-electron chi connectivity index (χ1n) is 5.23. The summed E-state index contributed by atoms with van der Waals surface area (Å²) in [4.78, 5) is 13.7. The van der Waals surface area contributed by atoms with Gasteiger partial charge in [0.05, 0.1) is 0 Å². The first-order chi connectivity index (χ1) is 7.18. The number of benzene rings is 1. The van der Waals surface area contributed by atoms with E-state index < -0.39 is 0 Å². The van der Waals surface area contributed by atoms with Crippen LogP contribution in [0.15, 0.2) is 24.3 Å². The van der Waals surface area contributed by atoms with Crippen molar-refractivity contribution in [2.45, 2.75) is 24.6 Å². The van der Waals surface area contributed by atoms with Crippen molar-refractivity contribution in [2.75, 3.05) is 11.4 Å². The second kappa shape index (κ2) is 4.35. The Morgan fingerprint density at radius 1 is 1.33 bits per heavy atom. The molecule has 1 amide bonds. The minimum atomic E-state index is 0.245. The summed E-state index contributed by atoms with van der Waals surface area (Å²) < 4.78 is 0. The van der Waals surface area contributed by atoms with Gasteiger partial charge in [0, 0.05) is 23.5 Å². The van der Waals surface area contributed by atoms with E-state index in [0.717, 1.165) is 18.7 Å². The maximum absolute atomic E-state index is 11.5. The van der Waals surface area contributed by atoms with E-state index in [2.05, 4.69) is 35.0 Å². The standard InChI is InChI=1S/C12H14BrNO/c1-9(13)10-4-6-11(7-5-10)14-8-2-3-12(14)15/h4-7,9H,2-3,8H2,1H3/t9-/m0/s1. The molecule has 15 heavy (non-hydrogen) atoms. The van der Waals surface area contributed by atoms with Gasteiger partial charge in [0.15, 0.2) is 0 Å². The van der Waals surface area contributed by atoms with Gasteiger partial charge in [-0.2, -0.15) is 0 Å². The van der Waals surface area contributed by atoms with Crippen molar-refractivity contribution >= 4 is 27.5 Å². The smallest absolute Gasteiger partial charge is 0.227 e. The monoisotopic (exact) mass is 267 g/mol. The van der Waals surface area contributed by atoms with E-state index in [1.54, 1.807) is 0 Å². The zero-order chi connectivity index (χ0) is 10.8. The van der Waals surface area contributed by atoms with Gasteiger partial charge in [-0.15, -0.1) is 0 Å². The third-order valence-electron chi connectivity index (χ3n) is 2.74. The normalized spacial score (nSPS) is 18.3. The lowest BCUT2D eigenvalue weighted by atomic mass is 10.1. The van der Waals surface area contributed by atoms with E-state index in [9.17, 15) is 4.79 Å². The maximum Gasteiger partial charge on any atom is 0.227 e. The summed E-state index contributed by atoms with van der Waals surface area (Å²) in [7, 11) is 0. The van der Waals surface area contributed by atoms with Gasteiger partial charge in [-0.3, -0.25) is 4.79 Å². The van der Waals surface area contributed by atoms with Gasteiger partial charge in [0.1, 0.15) is 0 Å². The lowest BCUT2D eigenvalue weighted by Crippen LogP contribution is -2.23. The Morgan fingerprint density at radius 2 is 2.00 bits per heavy atom. The van der Waals surface area contributed by atoms with Crippen LogP contribution in [0.1, 0.15) is 30.2 Å². The predicted octanol–water partition coefficient (Wildman–Crippen LogP) is 3.27. The molecule has 0 spiro atoms. The summed E-state index contributed by atoms with van der Waals surface area (Å²) in [6, 6.07) is 8.19. The van der Waals surface area contributed by atoms with Crippen molar-refractivity contribution in [2.24, 2.45) is 0 Å². The van der Waals surface area contributed by atoms with Crippen LogP contribution < -0.4 is 4.90 Å². The molecule has 1 atom stereocenters. The summed E-state index contributed by atoms with van der Waals surface area (Å²) in [5.74, 6) is 0.245. The van der Waals surface area contributed by atoms with Gasteiger partial charge < -0.3 is 4.90 Å². The number of amides is 1. The second-order valence-electron chi connectivity index (χ2n) is 3.86. The fourth-order valence-electron chi connectivity index (χ4n) is 1.84. The van der Waals surface area contributed by atoms with Crippen LogP contribution in [0.3, 0.4) is 0 Å². The zero-order valence-electron chi connectivity index (χ0n) is 8.74. The van der Waals surface area contributed by atoms with Gasteiger partial charge in [0.2, 0.25) is 5.91 Å². The first-order valence-corrected chi connectivity index (χ1v) is 6.14.